The average molecular weight is 306 g/mol. The van der Waals surface area contributed by atoms with E-state index in [2.05, 4.69) is 24.3 Å². The highest BCUT2D eigenvalue weighted by Gasteiger charge is 2.26. The summed E-state index contributed by atoms with van der Waals surface area (Å²) in [5.74, 6) is 1.25. The molecule has 5 heteroatoms. The molecule has 1 N–H and O–H groups in total. The quantitative estimate of drug-likeness (QED) is 0.878. The molecule has 2 heterocycles. The molecule has 0 bridgehead atoms. The van der Waals surface area contributed by atoms with Gasteiger partial charge in [-0.05, 0) is 57.7 Å². The van der Waals surface area contributed by atoms with E-state index in [0.717, 1.165) is 56.3 Å². The Labute approximate surface area is 134 Å². The van der Waals surface area contributed by atoms with Crippen LogP contribution in [-0.2, 0) is 6.54 Å². The van der Waals surface area contributed by atoms with Crippen LogP contribution in [0.3, 0.4) is 0 Å². The summed E-state index contributed by atoms with van der Waals surface area (Å²) in [6.45, 7) is 9.83. The largest absolute Gasteiger partial charge is 0.337 e. The predicted octanol–water partition coefficient (Wildman–Crippen LogP) is 2.49. The molecule has 0 spiro atoms. The number of hydrogen-bond donors (Lipinski definition) is 1. The Hall–Kier alpha value is -1.36. The first-order chi connectivity index (χ1) is 10.6. The van der Waals surface area contributed by atoms with Gasteiger partial charge in [-0.3, -0.25) is 9.48 Å². The fourth-order valence-corrected chi connectivity index (χ4v) is 3.07. The highest BCUT2D eigenvalue weighted by molar-refractivity contribution is 5.92. The van der Waals surface area contributed by atoms with Gasteiger partial charge in [-0.25, -0.2) is 0 Å². The number of carbonyl (C=O) groups is 1. The zero-order valence-corrected chi connectivity index (χ0v) is 14.4. The lowest BCUT2D eigenvalue weighted by atomic mass is 9.93. The lowest BCUT2D eigenvalue weighted by Gasteiger charge is -2.32. The maximum absolute atomic E-state index is 12.8. The Bertz CT molecular complexity index is 487. The molecule has 124 valence electrons. The van der Waals surface area contributed by atoms with Crippen LogP contribution in [0.2, 0.25) is 0 Å². The molecule has 0 radical (unpaired) electrons. The van der Waals surface area contributed by atoms with Crippen LogP contribution in [0.4, 0.5) is 0 Å². The molecule has 2 rings (SSSR count). The molecule has 1 aliphatic heterocycles. The molecule has 0 aromatic carbocycles. The van der Waals surface area contributed by atoms with Gasteiger partial charge in [-0.15, -0.1) is 0 Å². The van der Waals surface area contributed by atoms with Gasteiger partial charge in [0.25, 0.3) is 5.91 Å². The Balaban J connectivity index is 2.00. The molecule has 5 nitrogen and oxygen atoms in total. The van der Waals surface area contributed by atoms with Gasteiger partial charge in [0, 0.05) is 19.6 Å². The van der Waals surface area contributed by atoms with Gasteiger partial charge >= 0.3 is 0 Å². The van der Waals surface area contributed by atoms with E-state index in [0.29, 0.717) is 5.92 Å². The molecule has 1 fully saturated rings. The zero-order chi connectivity index (χ0) is 16.1. The van der Waals surface area contributed by atoms with E-state index in [1.807, 2.05) is 29.6 Å². The summed E-state index contributed by atoms with van der Waals surface area (Å²) in [6.07, 6.45) is 3.44. The summed E-state index contributed by atoms with van der Waals surface area (Å²) in [4.78, 5) is 14.8. The van der Waals surface area contributed by atoms with E-state index in [1.165, 1.54) is 6.42 Å². The summed E-state index contributed by atoms with van der Waals surface area (Å²) in [5.41, 5.74) is 1.76. The first-order valence-electron chi connectivity index (χ1n) is 8.58. The molecule has 0 atom stereocenters. The van der Waals surface area contributed by atoms with Crippen molar-refractivity contribution in [1.82, 2.24) is 20.0 Å². The lowest BCUT2D eigenvalue weighted by molar-refractivity contribution is 0.0674. The minimum absolute atomic E-state index is 0.147. The van der Waals surface area contributed by atoms with Crippen molar-refractivity contribution in [3.63, 3.8) is 0 Å². The lowest BCUT2D eigenvalue weighted by Crippen LogP contribution is -2.39. The molecule has 1 amide bonds. The predicted molar refractivity (Wildman–Crippen MR) is 89.2 cm³/mol. The van der Waals surface area contributed by atoms with Crippen LogP contribution >= 0.6 is 0 Å². The smallest absolute Gasteiger partial charge is 0.272 e. The van der Waals surface area contributed by atoms with Crippen LogP contribution in [0, 0.1) is 5.92 Å². The Kier molecular flexibility index (Phi) is 6.00. The maximum atomic E-state index is 12.8. The highest BCUT2D eigenvalue weighted by Crippen LogP contribution is 2.22. The number of amides is 1. The second-order valence-electron chi connectivity index (χ2n) is 6.55. The summed E-state index contributed by atoms with van der Waals surface area (Å²) < 4.78 is 1.85. The van der Waals surface area contributed by atoms with Crippen molar-refractivity contribution < 1.29 is 4.79 Å². The average Bonchev–Trinajstić information content (AvgIpc) is 2.97. The Morgan fingerprint density at radius 2 is 2.09 bits per heavy atom. The summed E-state index contributed by atoms with van der Waals surface area (Å²) >= 11 is 0. The minimum Gasteiger partial charge on any atom is -0.337 e. The van der Waals surface area contributed by atoms with E-state index in [1.54, 1.807) is 0 Å². The molecule has 1 saturated heterocycles. The van der Waals surface area contributed by atoms with E-state index < -0.39 is 0 Å². The topological polar surface area (TPSA) is 50.2 Å². The van der Waals surface area contributed by atoms with Gasteiger partial charge < -0.3 is 10.2 Å². The van der Waals surface area contributed by atoms with E-state index in [9.17, 15) is 4.79 Å². The van der Waals surface area contributed by atoms with Crippen molar-refractivity contribution in [3.8, 4) is 0 Å². The van der Waals surface area contributed by atoms with E-state index in [-0.39, 0.29) is 5.91 Å². The number of likely N-dealkylation sites (tertiary alicyclic amines) is 1. The number of carbonyl (C=O) groups excluding carboxylic acids is 1. The van der Waals surface area contributed by atoms with Crippen molar-refractivity contribution in [3.05, 3.63) is 17.5 Å². The molecule has 1 aromatic heterocycles. The number of aryl methyl sites for hydroxylation is 1. The van der Waals surface area contributed by atoms with Crippen molar-refractivity contribution >= 4 is 5.91 Å². The molecule has 1 aromatic rings. The normalized spacial score (nSPS) is 16.5. The summed E-state index contributed by atoms with van der Waals surface area (Å²) in [5, 5.41) is 7.77. The van der Waals surface area contributed by atoms with Crippen molar-refractivity contribution in [2.45, 2.75) is 52.5 Å². The van der Waals surface area contributed by atoms with E-state index >= 15 is 0 Å². The number of rotatable bonds is 6. The molecule has 0 aliphatic carbocycles. The summed E-state index contributed by atoms with van der Waals surface area (Å²) in [6, 6.07) is 1.98. The zero-order valence-electron chi connectivity index (χ0n) is 14.4. The SMILES string of the molecule is CCn1nc(C(C)C)cc1C(=O)N1CCC(CCNC)CC1. The maximum Gasteiger partial charge on any atom is 0.272 e. The van der Waals surface area contributed by atoms with Gasteiger partial charge in [0.2, 0.25) is 0 Å². The Morgan fingerprint density at radius 1 is 1.41 bits per heavy atom. The van der Waals surface area contributed by atoms with Crippen LogP contribution in [0.25, 0.3) is 0 Å². The minimum atomic E-state index is 0.147. The van der Waals surface area contributed by atoms with Crippen LogP contribution in [0.15, 0.2) is 6.07 Å². The first-order valence-corrected chi connectivity index (χ1v) is 8.58. The van der Waals surface area contributed by atoms with E-state index in [4.69, 9.17) is 0 Å². The van der Waals surface area contributed by atoms with Crippen LogP contribution in [0.5, 0.6) is 0 Å². The molecular formula is C17H30N4O. The summed E-state index contributed by atoms with van der Waals surface area (Å²) in [7, 11) is 2.00. The standard InChI is InChI=1S/C17H30N4O/c1-5-21-16(12-15(19-21)13(2)3)17(22)20-10-7-14(8-11-20)6-9-18-4/h12-14,18H,5-11H2,1-4H3. The monoisotopic (exact) mass is 306 g/mol. The van der Waals surface area contributed by atoms with Gasteiger partial charge in [0.1, 0.15) is 5.69 Å². The Morgan fingerprint density at radius 3 is 2.64 bits per heavy atom. The second kappa shape index (κ2) is 7.77. The molecule has 1 aliphatic rings. The number of hydrogen-bond acceptors (Lipinski definition) is 3. The van der Waals surface area contributed by atoms with Crippen LogP contribution in [0.1, 0.15) is 62.1 Å². The van der Waals surface area contributed by atoms with Gasteiger partial charge in [-0.1, -0.05) is 13.8 Å². The van der Waals surface area contributed by atoms with Gasteiger partial charge in [0.15, 0.2) is 0 Å². The molecule has 0 saturated carbocycles. The van der Waals surface area contributed by atoms with Gasteiger partial charge in [-0.2, -0.15) is 5.10 Å². The van der Waals surface area contributed by atoms with Crippen molar-refractivity contribution in [2.24, 2.45) is 5.92 Å². The highest BCUT2D eigenvalue weighted by atomic mass is 16.2. The van der Waals surface area contributed by atoms with Crippen molar-refractivity contribution in [1.29, 1.82) is 0 Å². The fourth-order valence-electron chi connectivity index (χ4n) is 3.07. The second-order valence-corrected chi connectivity index (χ2v) is 6.55. The fraction of sp³-hybridized carbons (Fsp3) is 0.765. The number of nitrogens with one attached hydrogen (secondary N) is 1. The number of piperidine rings is 1. The first kappa shape index (κ1) is 17.0. The third kappa shape index (κ3) is 3.88. The van der Waals surface area contributed by atoms with Gasteiger partial charge in [0.05, 0.1) is 5.69 Å². The van der Waals surface area contributed by atoms with Crippen LogP contribution in [-0.4, -0.2) is 47.3 Å². The third-order valence-electron chi connectivity index (χ3n) is 4.61. The van der Waals surface area contributed by atoms with Crippen LogP contribution < -0.4 is 5.32 Å². The van der Waals surface area contributed by atoms with Crippen molar-refractivity contribution in [2.75, 3.05) is 26.7 Å². The third-order valence-corrected chi connectivity index (χ3v) is 4.61. The molecular weight excluding hydrogens is 276 g/mol. The number of nitrogens with zero attached hydrogens (tertiary/aromatic N) is 3. The molecule has 22 heavy (non-hydrogen) atoms. The molecule has 0 unspecified atom stereocenters. The number of aromatic nitrogens is 2.